The second-order valence-electron chi connectivity index (χ2n) is 4.78. The Morgan fingerprint density at radius 3 is 2.78 bits per heavy atom. The first-order valence-corrected chi connectivity index (χ1v) is 8.23. The Bertz CT molecular complexity index is 766. The van der Waals surface area contributed by atoms with E-state index in [0.29, 0.717) is 11.3 Å². The van der Waals surface area contributed by atoms with Gasteiger partial charge in [-0.1, -0.05) is 0 Å². The molecule has 1 aromatic carbocycles. The lowest BCUT2D eigenvalue weighted by Gasteiger charge is -2.03. The molecule has 6 heteroatoms. The SMILES string of the molecule is Cn1sc(=O)c2cc(S(=O)(=O)CC3CC3)ccc21. The number of aromatic nitrogens is 1. The maximum absolute atomic E-state index is 12.1. The van der Waals surface area contributed by atoms with Gasteiger partial charge in [0.2, 0.25) is 0 Å². The summed E-state index contributed by atoms with van der Waals surface area (Å²) in [6.45, 7) is 0. The molecule has 96 valence electrons. The third kappa shape index (κ3) is 1.99. The summed E-state index contributed by atoms with van der Waals surface area (Å²) in [5.41, 5.74) is 0.787. The van der Waals surface area contributed by atoms with Crippen LogP contribution in [-0.4, -0.2) is 18.1 Å². The molecular formula is C12H13NO3S2. The molecule has 0 amide bonds. The highest BCUT2D eigenvalue weighted by Crippen LogP contribution is 2.32. The van der Waals surface area contributed by atoms with Gasteiger partial charge in [0.05, 0.1) is 21.6 Å². The van der Waals surface area contributed by atoms with Gasteiger partial charge in [0.25, 0.3) is 4.74 Å². The van der Waals surface area contributed by atoms with Crippen molar-refractivity contribution in [2.75, 3.05) is 5.75 Å². The fourth-order valence-electron chi connectivity index (χ4n) is 2.06. The van der Waals surface area contributed by atoms with E-state index >= 15 is 0 Å². The number of benzene rings is 1. The van der Waals surface area contributed by atoms with E-state index < -0.39 is 9.84 Å². The molecule has 4 nitrogen and oxygen atoms in total. The number of hydrogen-bond acceptors (Lipinski definition) is 4. The Morgan fingerprint density at radius 1 is 1.39 bits per heavy atom. The zero-order valence-electron chi connectivity index (χ0n) is 9.92. The van der Waals surface area contributed by atoms with Crippen LogP contribution in [0.3, 0.4) is 0 Å². The molecule has 3 rings (SSSR count). The van der Waals surface area contributed by atoms with Crippen LogP contribution in [0.5, 0.6) is 0 Å². The quantitative estimate of drug-likeness (QED) is 0.863. The van der Waals surface area contributed by atoms with Crippen molar-refractivity contribution in [3.63, 3.8) is 0 Å². The van der Waals surface area contributed by atoms with Crippen molar-refractivity contribution in [3.05, 3.63) is 27.7 Å². The van der Waals surface area contributed by atoms with Crippen LogP contribution in [-0.2, 0) is 16.9 Å². The van der Waals surface area contributed by atoms with Crippen LogP contribution in [0.15, 0.2) is 27.9 Å². The Hall–Kier alpha value is -1.14. The number of nitrogens with zero attached hydrogens (tertiary/aromatic N) is 1. The van der Waals surface area contributed by atoms with Crippen LogP contribution < -0.4 is 4.74 Å². The first kappa shape index (κ1) is 11.9. The van der Waals surface area contributed by atoms with E-state index in [-0.39, 0.29) is 15.4 Å². The monoisotopic (exact) mass is 283 g/mol. The molecule has 1 aliphatic carbocycles. The third-order valence-corrected chi connectivity index (χ3v) is 6.00. The molecule has 0 saturated heterocycles. The van der Waals surface area contributed by atoms with E-state index in [9.17, 15) is 13.2 Å². The van der Waals surface area contributed by atoms with Gasteiger partial charge in [-0.15, -0.1) is 0 Å². The Labute approximate surface area is 109 Å². The molecule has 0 radical (unpaired) electrons. The number of aryl methyl sites for hydroxylation is 1. The van der Waals surface area contributed by atoms with Gasteiger partial charge in [-0.25, -0.2) is 8.42 Å². The second kappa shape index (κ2) is 3.93. The maximum atomic E-state index is 12.1. The average Bonchev–Trinajstić information content (AvgIpc) is 3.06. The minimum atomic E-state index is -3.24. The molecule has 1 heterocycles. The topological polar surface area (TPSA) is 56.1 Å². The maximum Gasteiger partial charge on any atom is 0.257 e. The van der Waals surface area contributed by atoms with Crippen LogP contribution in [0, 0.1) is 5.92 Å². The zero-order valence-corrected chi connectivity index (χ0v) is 11.6. The lowest BCUT2D eigenvalue weighted by Crippen LogP contribution is -2.08. The largest absolute Gasteiger partial charge is 0.297 e. The number of sulfone groups is 1. The summed E-state index contributed by atoms with van der Waals surface area (Å²) in [5.74, 6) is 0.527. The van der Waals surface area contributed by atoms with Crippen LogP contribution >= 0.6 is 11.5 Å². The number of hydrogen-bond donors (Lipinski definition) is 0. The van der Waals surface area contributed by atoms with Crippen molar-refractivity contribution in [1.29, 1.82) is 0 Å². The van der Waals surface area contributed by atoms with E-state index in [1.54, 1.807) is 23.1 Å². The van der Waals surface area contributed by atoms with Gasteiger partial charge < -0.3 is 0 Å². The van der Waals surface area contributed by atoms with Crippen molar-refractivity contribution in [2.45, 2.75) is 17.7 Å². The van der Waals surface area contributed by atoms with E-state index in [1.807, 2.05) is 0 Å². The fourth-order valence-corrected chi connectivity index (χ4v) is 4.55. The number of fused-ring (bicyclic) bond motifs is 1. The highest BCUT2D eigenvalue weighted by Gasteiger charge is 2.29. The molecular weight excluding hydrogens is 270 g/mol. The lowest BCUT2D eigenvalue weighted by atomic mass is 10.2. The van der Waals surface area contributed by atoms with Crippen molar-refractivity contribution in [3.8, 4) is 0 Å². The van der Waals surface area contributed by atoms with Crippen molar-refractivity contribution in [1.82, 2.24) is 3.96 Å². The van der Waals surface area contributed by atoms with Crippen LogP contribution in [0.1, 0.15) is 12.8 Å². The molecule has 18 heavy (non-hydrogen) atoms. The Morgan fingerprint density at radius 2 is 2.11 bits per heavy atom. The van der Waals surface area contributed by atoms with Gasteiger partial charge in [-0.05, 0) is 48.5 Å². The lowest BCUT2D eigenvalue weighted by molar-refractivity contribution is 0.592. The fraction of sp³-hybridized carbons (Fsp3) is 0.417. The predicted octanol–water partition coefficient (Wildman–Crippen LogP) is 1.78. The van der Waals surface area contributed by atoms with Gasteiger partial charge in [0, 0.05) is 7.05 Å². The molecule has 0 aliphatic heterocycles. The highest BCUT2D eigenvalue weighted by atomic mass is 32.2. The molecule has 1 fully saturated rings. The number of rotatable bonds is 3. The van der Waals surface area contributed by atoms with Gasteiger partial charge in [0.15, 0.2) is 9.84 Å². The smallest absolute Gasteiger partial charge is 0.257 e. The summed E-state index contributed by atoms with van der Waals surface area (Å²) >= 11 is 1.09. The zero-order chi connectivity index (χ0) is 12.9. The van der Waals surface area contributed by atoms with Gasteiger partial charge in [-0.3, -0.25) is 8.75 Å². The predicted molar refractivity (Wildman–Crippen MR) is 71.8 cm³/mol. The molecule has 1 aromatic heterocycles. The minimum Gasteiger partial charge on any atom is -0.297 e. The molecule has 0 unspecified atom stereocenters. The van der Waals surface area contributed by atoms with Crippen molar-refractivity contribution >= 4 is 32.3 Å². The Balaban J connectivity index is 2.12. The standard InChI is InChI=1S/C12H13NO3S2/c1-13-11-5-4-9(6-10(11)12(14)17-13)18(15,16)7-8-2-3-8/h4-6,8H,2-3,7H2,1H3. The van der Waals surface area contributed by atoms with Crippen LogP contribution in [0.4, 0.5) is 0 Å². The molecule has 0 bridgehead atoms. The van der Waals surface area contributed by atoms with E-state index in [1.165, 1.54) is 6.07 Å². The normalized spacial score (nSPS) is 16.3. The van der Waals surface area contributed by atoms with Crippen molar-refractivity contribution in [2.24, 2.45) is 13.0 Å². The summed E-state index contributed by atoms with van der Waals surface area (Å²) < 4.78 is 25.9. The van der Waals surface area contributed by atoms with E-state index in [4.69, 9.17) is 0 Å². The molecule has 1 aliphatic rings. The molecule has 0 N–H and O–H groups in total. The molecule has 1 saturated carbocycles. The molecule has 0 atom stereocenters. The first-order valence-electron chi connectivity index (χ1n) is 5.80. The molecule has 2 aromatic rings. The molecule has 0 spiro atoms. The van der Waals surface area contributed by atoms with E-state index in [0.717, 1.165) is 29.9 Å². The van der Waals surface area contributed by atoms with Gasteiger partial charge in [-0.2, -0.15) is 0 Å². The first-order chi connectivity index (χ1) is 8.47. The minimum absolute atomic E-state index is 0.0871. The Kier molecular flexibility index (Phi) is 2.60. The average molecular weight is 283 g/mol. The summed E-state index contributed by atoms with van der Waals surface area (Å²) in [6.07, 6.45) is 2.00. The van der Waals surface area contributed by atoms with Crippen LogP contribution in [0.2, 0.25) is 0 Å². The summed E-state index contributed by atoms with van der Waals surface area (Å²) in [5, 5.41) is 0.499. The van der Waals surface area contributed by atoms with E-state index in [2.05, 4.69) is 0 Å². The highest BCUT2D eigenvalue weighted by molar-refractivity contribution is 7.91. The van der Waals surface area contributed by atoms with Crippen LogP contribution in [0.25, 0.3) is 10.9 Å². The second-order valence-corrected chi connectivity index (χ2v) is 7.92. The van der Waals surface area contributed by atoms with Crippen molar-refractivity contribution < 1.29 is 8.42 Å². The summed E-state index contributed by atoms with van der Waals surface area (Å²) in [6, 6.07) is 4.84. The third-order valence-electron chi connectivity index (χ3n) is 3.26. The summed E-state index contributed by atoms with van der Waals surface area (Å²) in [7, 11) is -1.44. The van der Waals surface area contributed by atoms with Gasteiger partial charge >= 0.3 is 0 Å². The summed E-state index contributed by atoms with van der Waals surface area (Å²) in [4.78, 5) is 12.0. The van der Waals surface area contributed by atoms with Gasteiger partial charge in [0.1, 0.15) is 0 Å².